The maximum atomic E-state index is 12.5. The van der Waals surface area contributed by atoms with Crippen LogP contribution in [-0.2, 0) is 9.59 Å². The average molecular weight is 368 g/mol. The Morgan fingerprint density at radius 2 is 1.59 bits per heavy atom. The Bertz CT molecular complexity index is 878. The molecule has 1 saturated carbocycles. The third-order valence-corrected chi connectivity index (χ3v) is 4.99. The lowest BCUT2D eigenvalue weighted by atomic mass is 10.1. The molecule has 1 aliphatic rings. The summed E-state index contributed by atoms with van der Waals surface area (Å²) in [6, 6.07) is 11.0. The summed E-state index contributed by atoms with van der Waals surface area (Å²) < 4.78 is 10.4. The molecule has 2 amide bonds. The van der Waals surface area contributed by atoms with Crippen LogP contribution in [0.25, 0.3) is 0 Å². The molecule has 0 radical (unpaired) electrons. The molecule has 2 aromatic carbocycles. The number of ether oxygens (including phenoxy) is 2. The minimum absolute atomic E-state index is 0.120. The van der Waals surface area contributed by atoms with Crippen molar-refractivity contribution < 1.29 is 19.1 Å². The van der Waals surface area contributed by atoms with Crippen LogP contribution in [0.3, 0.4) is 0 Å². The lowest BCUT2D eigenvalue weighted by molar-refractivity contribution is -0.122. The first kappa shape index (κ1) is 18.8. The molecule has 0 aromatic heterocycles. The van der Waals surface area contributed by atoms with Crippen LogP contribution in [0.4, 0.5) is 11.4 Å². The number of methoxy groups -OCH3 is 2. The van der Waals surface area contributed by atoms with Gasteiger partial charge in [0.25, 0.3) is 0 Å². The summed E-state index contributed by atoms with van der Waals surface area (Å²) in [5, 5.41) is 5.78. The molecule has 2 unspecified atom stereocenters. The van der Waals surface area contributed by atoms with Gasteiger partial charge in [-0.05, 0) is 49.6 Å². The second kappa shape index (κ2) is 7.70. The fourth-order valence-electron chi connectivity index (χ4n) is 3.01. The van der Waals surface area contributed by atoms with Crippen LogP contribution in [0.1, 0.15) is 17.5 Å². The van der Waals surface area contributed by atoms with Crippen LogP contribution in [-0.4, -0.2) is 26.0 Å². The lowest BCUT2D eigenvalue weighted by Crippen LogP contribution is -2.21. The van der Waals surface area contributed by atoms with Gasteiger partial charge < -0.3 is 20.1 Å². The van der Waals surface area contributed by atoms with E-state index in [1.54, 1.807) is 25.3 Å². The Morgan fingerprint density at radius 1 is 0.926 bits per heavy atom. The number of rotatable bonds is 6. The maximum Gasteiger partial charge on any atom is 0.228 e. The van der Waals surface area contributed by atoms with Gasteiger partial charge in [-0.2, -0.15) is 0 Å². The molecular weight excluding hydrogens is 344 g/mol. The van der Waals surface area contributed by atoms with E-state index in [0.717, 1.165) is 16.8 Å². The van der Waals surface area contributed by atoms with Crippen LogP contribution in [0.15, 0.2) is 36.4 Å². The number of nitrogens with one attached hydrogen (secondary N) is 2. The summed E-state index contributed by atoms with van der Waals surface area (Å²) >= 11 is 0. The van der Waals surface area contributed by atoms with Gasteiger partial charge in [0, 0.05) is 11.8 Å². The van der Waals surface area contributed by atoms with Crippen LogP contribution in [0, 0.1) is 25.7 Å². The van der Waals surface area contributed by atoms with Crippen molar-refractivity contribution in [3.63, 3.8) is 0 Å². The summed E-state index contributed by atoms with van der Waals surface area (Å²) in [7, 11) is 3.10. The van der Waals surface area contributed by atoms with Crippen molar-refractivity contribution in [1.82, 2.24) is 0 Å². The van der Waals surface area contributed by atoms with Crippen molar-refractivity contribution in [2.75, 3.05) is 24.9 Å². The van der Waals surface area contributed by atoms with E-state index in [1.165, 1.54) is 7.11 Å². The van der Waals surface area contributed by atoms with Gasteiger partial charge in [0.05, 0.1) is 31.7 Å². The van der Waals surface area contributed by atoms with E-state index >= 15 is 0 Å². The lowest BCUT2D eigenvalue weighted by Gasteiger charge is -2.12. The first-order chi connectivity index (χ1) is 12.9. The number of hydrogen-bond donors (Lipinski definition) is 2. The van der Waals surface area contributed by atoms with Gasteiger partial charge in [0.1, 0.15) is 11.5 Å². The Morgan fingerprint density at radius 3 is 2.22 bits per heavy atom. The highest BCUT2D eigenvalue weighted by atomic mass is 16.5. The fraction of sp³-hybridized carbons (Fsp3) is 0.333. The summed E-state index contributed by atoms with van der Waals surface area (Å²) in [5.74, 6) is 0.211. The molecule has 2 N–H and O–H groups in total. The van der Waals surface area contributed by atoms with E-state index in [1.807, 2.05) is 32.0 Å². The maximum absolute atomic E-state index is 12.5. The zero-order chi connectivity index (χ0) is 19.6. The predicted octanol–water partition coefficient (Wildman–Crippen LogP) is 3.53. The molecule has 142 valence electrons. The standard InChI is InChI=1S/C21H24N2O4/c1-12-6-5-7-17(13(12)2)22-20(24)15-11-16(15)21(25)23-18-9-8-14(26-3)10-19(18)27-4/h5-10,15-16H,11H2,1-4H3,(H,22,24)(H,23,25). The fourth-order valence-corrected chi connectivity index (χ4v) is 3.01. The Balaban J connectivity index is 1.62. The predicted molar refractivity (Wildman–Crippen MR) is 104 cm³/mol. The van der Waals surface area contributed by atoms with E-state index in [2.05, 4.69) is 10.6 Å². The molecule has 27 heavy (non-hydrogen) atoms. The minimum atomic E-state index is -0.332. The summed E-state index contributed by atoms with van der Waals surface area (Å²) in [6.07, 6.45) is 0.543. The second-order valence-electron chi connectivity index (χ2n) is 6.74. The molecule has 1 aliphatic carbocycles. The third-order valence-electron chi connectivity index (χ3n) is 4.99. The van der Waals surface area contributed by atoms with Gasteiger partial charge >= 0.3 is 0 Å². The summed E-state index contributed by atoms with van der Waals surface area (Å²) in [6.45, 7) is 3.97. The quantitative estimate of drug-likeness (QED) is 0.818. The molecule has 0 saturated heterocycles. The smallest absolute Gasteiger partial charge is 0.228 e. The Hall–Kier alpha value is -3.02. The Labute approximate surface area is 158 Å². The minimum Gasteiger partial charge on any atom is -0.497 e. The molecule has 0 bridgehead atoms. The van der Waals surface area contributed by atoms with Crippen molar-refractivity contribution in [2.45, 2.75) is 20.3 Å². The molecular formula is C21H24N2O4. The number of hydrogen-bond acceptors (Lipinski definition) is 4. The summed E-state index contributed by atoms with van der Waals surface area (Å²) in [4.78, 5) is 25.0. The summed E-state index contributed by atoms with van der Waals surface area (Å²) in [5.41, 5.74) is 3.51. The average Bonchev–Trinajstić information content (AvgIpc) is 3.47. The number of carbonyl (C=O) groups is 2. The third kappa shape index (κ3) is 4.05. The van der Waals surface area contributed by atoms with Gasteiger partial charge in [-0.3, -0.25) is 9.59 Å². The number of benzene rings is 2. The van der Waals surface area contributed by atoms with E-state index in [4.69, 9.17) is 9.47 Å². The van der Waals surface area contributed by atoms with E-state index in [0.29, 0.717) is 23.6 Å². The molecule has 2 aromatic rings. The second-order valence-corrected chi connectivity index (χ2v) is 6.74. The topological polar surface area (TPSA) is 76.7 Å². The van der Waals surface area contributed by atoms with Crippen molar-refractivity contribution in [3.8, 4) is 11.5 Å². The monoisotopic (exact) mass is 368 g/mol. The molecule has 6 nitrogen and oxygen atoms in total. The highest BCUT2D eigenvalue weighted by Gasteiger charge is 2.48. The van der Waals surface area contributed by atoms with Crippen LogP contribution in [0.5, 0.6) is 11.5 Å². The number of carbonyl (C=O) groups excluding carboxylic acids is 2. The van der Waals surface area contributed by atoms with E-state index in [9.17, 15) is 9.59 Å². The molecule has 2 atom stereocenters. The first-order valence-electron chi connectivity index (χ1n) is 8.84. The van der Waals surface area contributed by atoms with Crippen LogP contribution >= 0.6 is 0 Å². The number of aryl methyl sites for hydroxylation is 1. The van der Waals surface area contributed by atoms with Crippen LogP contribution in [0.2, 0.25) is 0 Å². The highest BCUT2D eigenvalue weighted by Crippen LogP contribution is 2.41. The van der Waals surface area contributed by atoms with Crippen LogP contribution < -0.4 is 20.1 Å². The molecule has 3 rings (SSSR count). The van der Waals surface area contributed by atoms with Crippen molar-refractivity contribution in [3.05, 3.63) is 47.5 Å². The largest absolute Gasteiger partial charge is 0.497 e. The van der Waals surface area contributed by atoms with Crippen molar-refractivity contribution in [2.24, 2.45) is 11.8 Å². The molecule has 1 fully saturated rings. The first-order valence-corrected chi connectivity index (χ1v) is 8.84. The molecule has 0 aliphatic heterocycles. The number of amides is 2. The van der Waals surface area contributed by atoms with Crippen molar-refractivity contribution >= 4 is 23.2 Å². The SMILES string of the molecule is COc1ccc(NC(=O)C2CC2C(=O)Nc2cccc(C)c2C)c(OC)c1. The van der Waals surface area contributed by atoms with Gasteiger partial charge in [-0.25, -0.2) is 0 Å². The highest BCUT2D eigenvalue weighted by molar-refractivity contribution is 6.04. The molecule has 0 heterocycles. The normalized spacial score (nSPS) is 17.8. The van der Waals surface area contributed by atoms with E-state index in [-0.39, 0.29) is 23.7 Å². The van der Waals surface area contributed by atoms with Gasteiger partial charge in [-0.1, -0.05) is 12.1 Å². The van der Waals surface area contributed by atoms with E-state index < -0.39 is 0 Å². The molecule has 6 heteroatoms. The zero-order valence-corrected chi connectivity index (χ0v) is 16.0. The molecule has 0 spiro atoms. The van der Waals surface area contributed by atoms with Gasteiger partial charge in [-0.15, -0.1) is 0 Å². The number of anilines is 2. The van der Waals surface area contributed by atoms with Crippen molar-refractivity contribution in [1.29, 1.82) is 0 Å². The Kier molecular flexibility index (Phi) is 5.35. The van der Waals surface area contributed by atoms with Gasteiger partial charge in [0.2, 0.25) is 11.8 Å². The van der Waals surface area contributed by atoms with Gasteiger partial charge in [0.15, 0.2) is 0 Å². The zero-order valence-electron chi connectivity index (χ0n) is 16.0.